The van der Waals surface area contributed by atoms with E-state index in [2.05, 4.69) is 4.98 Å². The molecule has 18 heavy (non-hydrogen) atoms. The number of hydrogen-bond acceptors (Lipinski definition) is 4. The van der Waals surface area contributed by atoms with Crippen LogP contribution < -0.4 is 0 Å². The first kappa shape index (κ1) is 12.1. The van der Waals surface area contributed by atoms with Gasteiger partial charge < -0.3 is 4.57 Å². The number of imidazole rings is 1. The Morgan fingerprint density at radius 3 is 2.89 bits per heavy atom. The SMILES string of the molecule is Cn1ccnc1SC1CS(O)(O)c2ccccc21. The molecule has 6 heteroatoms. The van der Waals surface area contributed by atoms with E-state index in [-0.39, 0.29) is 5.25 Å². The molecule has 1 aromatic heterocycles. The molecule has 1 aliphatic heterocycles. The highest BCUT2D eigenvalue weighted by Crippen LogP contribution is 2.62. The lowest BCUT2D eigenvalue weighted by Crippen LogP contribution is -2.00. The highest BCUT2D eigenvalue weighted by molar-refractivity contribution is 8.25. The lowest BCUT2D eigenvalue weighted by Gasteiger charge is -2.27. The highest BCUT2D eigenvalue weighted by Gasteiger charge is 2.35. The summed E-state index contributed by atoms with van der Waals surface area (Å²) < 4.78 is 22.2. The minimum Gasteiger partial charge on any atom is -0.329 e. The molecule has 0 amide bonds. The summed E-state index contributed by atoms with van der Waals surface area (Å²) in [7, 11) is -0.690. The first-order valence-corrected chi connectivity index (χ1v) is 8.16. The van der Waals surface area contributed by atoms with Crippen LogP contribution in [-0.2, 0) is 7.05 Å². The van der Waals surface area contributed by atoms with Crippen LogP contribution >= 0.6 is 22.4 Å². The van der Waals surface area contributed by atoms with Crippen molar-refractivity contribution in [1.29, 1.82) is 0 Å². The zero-order valence-electron chi connectivity index (χ0n) is 9.85. The molecule has 0 fully saturated rings. The van der Waals surface area contributed by atoms with E-state index >= 15 is 0 Å². The third kappa shape index (κ3) is 1.95. The van der Waals surface area contributed by atoms with Crippen molar-refractivity contribution < 1.29 is 9.11 Å². The van der Waals surface area contributed by atoms with Gasteiger partial charge in [-0.1, -0.05) is 30.0 Å². The van der Waals surface area contributed by atoms with Gasteiger partial charge in [0.05, 0.1) is 15.9 Å². The Kier molecular flexibility index (Phi) is 2.90. The van der Waals surface area contributed by atoms with Crippen LogP contribution in [0.4, 0.5) is 0 Å². The number of thioether (sulfide) groups is 1. The minimum atomic E-state index is -2.63. The van der Waals surface area contributed by atoms with Gasteiger partial charge in [0.15, 0.2) is 5.16 Å². The first-order valence-electron chi connectivity index (χ1n) is 5.57. The molecule has 1 aliphatic rings. The molecule has 1 atom stereocenters. The van der Waals surface area contributed by atoms with E-state index in [0.717, 1.165) is 10.7 Å². The molecule has 1 unspecified atom stereocenters. The third-order valence-electron chi connectivity index (χ3n) is 3.03. The van der Waals surface area contributed by atoms with Crippen molar-refractivity contribution in [2.24, 2.45) is 7.05 Å². The van der Waals surface area contributed by atoms with Crippen molar-refractivity contribution in [3.63, 3.8) is 0 Å². The van der Waals surface area contributed by atoms with Crippen molar-refractivity contribution in [2.75, 3.05) is 5.75 Å². The maximum Gasteiger partial charge on any atom is 0.168 e. The monoisotopic (exact) mass is 282 g/mol. The van der Waals surface area contributed by atoms with Crippen LogP contribution in [0.15, 0.2) is 46.7 Å². The summed E-state index contributed by atoms with van der Waals surface area (Å²) in [6.45, 7) is 0. The average molecular weight is 282 g/mol. The molecule has 96 valence electrons. The first-order chi connectivity index (χ1) is 8.58. The zero-order valence-corrected chi connectivity index (χ0v) is 11.5. The Morgan fingerprint density at radius 1 is 1.39 bits per heavy atom. The van der Waals surface area contributed by atoms with E-state index in [4.69, 9.17) is 0 Å². The largest absolute Gasteiger partial charge is 0.329 e. The van der Waals surface area contributed by atoms with Crippen LogP contribution in [0.3, 0.4) is 0 Å². The second-order valence-electron chi connectivity index (χ2n) is 4.30. The molecule has 4 nitrogen and oxygen atoms in total. The molecule has 0 saturated heterocycles. The Labute approximate surface area is 111 Å². The van der Waals surface area contributed by atoms with Crippen LogP contribution in [0, 0.1) is 0 Å². The van der Waals surface area contributed by atoms with E-state index in [0.29, 0.717) is 10.6 Å². The van der Waals surface area contributed by atoms with Crippen molar-refractivity contribution in [1.82, 2.24) is 9.55 Å². The molecule has 1 aromatic carbocycles. The highest BCUT2D eigenvalue weighted by atomic mass is 32.3. The number of rotatable bonds is 2. The van der Waals surface area contributed by atoms with Crippen molar-refractivity contribution >= 4 is 22.4 Å². The summed E-state index contributed by atoms with van der Waals surface area (Å²) in [5.74, 6) is 0.379. The van der Waals surface area contributed by atoms with Crippen LogP contribution in [0.2, 0.25) is 0 Å². The summed E-state index contributed by atoms with van der Waals surface area (Å²) in [4.78, 5) is 4.96. The lowest BCUT2D eigenvalue weighted by molar-refractivity contribution is 0.492. The van der Waals surface area contributed by atoms with Crippen LogP contribution in [0.5, 0.6) is 0 Å². The van der Waals surface area contributed by atoms with Gasteiger partial charge in [-0.2, -0.15) is 10.6 Å². The van der Waals surface area contributed by atoms with Crippen LogP contribution in [0.25, 0.3) is 0 Å². The van der Waals surface area contributed by atoms with Gasteiger partial charge in [-0.05, 0) is 11.6 Å². The van der Waals surface area contributed by atoms with Gasteiger partial charge in [-0.15, -0.1) is 0 Å². The van der Waals surface area contributed by atoms with E-state index in [1.165, 1.54) is 0 Å². The van der Waals surface area contributed by atoms with E-state index < -0.39 is 10.6 Å². The lowest BCUT2D eigenvalue weighted by atomic mass is 10.2. The van der Waals surface area contributed by atoms with Crippen molar-refractivity contribution in [3.05, 3.63) is 42.2 Å². The summed E-state index contributed by atoms with van der Waals surface area (Å²) in [6.07, 6.45) is 3.64. The number of hydrogen-bond donors (Lipinski definition) is 2. The average Bonchev–Trinajstić information content (AvgIpc) is 2.84. The maximum absolute atomic E-state index is 10.1. The van der Waals surface area contributed by atoms with Gasteiger partial charge in [-0.3, -0.25) is 9.11 Å². The molecule has 2 heterocycles. The van der Waals surface area contributed by atoms with Gasteiger partial charge in [0, 0.05) is 19.4 Å². The number of aromatic nitrogens is 2. The normalized spacial score (nSPS) is 22.7. The second-order valence-corrected chi connectivity index (χ2v) is 7.58. The number of fused-ring (bicyclic) bond motifs is 1. The maximum atomic E-state index is 10.1. The summed E-state index contributed by atoms with van der Waals surface area (Å²) in [6, 6.07) is 7.56. The quantitative estimate of drug-likeness (QED) is 0.886. The fourth-order valence-electron chi connectivity index (χ4n) is 2.13. The van der Waals surface area contributed by atoms with Crippen molar-refractivity contribution in [3.8, 4) is 0 Å². The molecule has 0 bridgehead atoms. The fraction of sp³-hybridized carbons (Fsp3) is 0.250. The number of aryl methyl sites for hydroxylation is 1. The van der Waals surface area contributed by atoms with Crippen LogP contribution in [-0.4, -0.2) is 24.4 Å². The Bertz CT molecular complexity index is 583. The molecule has 3 rings (SSSR count). The molecule has 0 aliphatic carbocycles. The van der Waals surface area contributed by atoms with E-state index in [9.17, 15) is 9.11 Å². The molecule has 0 saturated carbocycles. The van der Waals surface area contributed by atoms with E-state index in [1.54, 1.807) is 18.0 Å². The smallest absolute Gasteiger partial charge is 0.168 e. The van der Waals surface area contributed by atoms with Gasteiger partial charge in [0.25, 0.3) is 0 Å². The number of nitrogens with zero attached hydrogens (tertiary/aromatic N) is 2. The molecular formula is C12H14N2O2S2. The second kappa shape index (κ2) is 4.31. The van der Waals surface area contributed by atoms with Gasteiger partial charge in [0.2, 0.25) is 0 Å². The Hall–Kier alpha value is -0.950. The van der Waals surface area contributed by atoms with Gasteiger partial charge in [0.1, 0.15) is 0 Å². The Balaban J connectivity index is 1.94. The van der Waals surface area contributed by atoms with Gasteiger partial charge in [-0.25, -0.2) is 4.98 Å². The summed E-state index contributed by atoms with van der Waals surface area (Å²) in [5, 5.41) is 0.958. The third-order valence-corrected chi connectivity index (χ3v) is 6.42. The Morgan fingerprint density at radius 2 is 2.17 bits per heavy atom. The fourth-order valence-corrected chi connectivity index (χ4v) is 5.64. The minimum absolute atomic E-state index is 0.0623. The van der Waals surface area contributed by atoms with E-state index in [1.807, 2.05) is 42.1 Å². The van der Waals surface area contributed by atoms with Crippen molar-refractivity contribution in [2.45, 2.75) is 15.3 Å². The zero-order chi connectivity index (χ0) is 12.8. The van der Waals surface area contributed by atoms with Crippen LogP contribution in [0.1, 0.15) is 10.8 Å². The van der Waals surface area contributed by atoms with Gasteiger partial charge >= 0.3 is 0 Å². The molecule has 2 aromatic rings. The predicted octanol–water partition coefficient (Wildman–Crippen LogP) is 3.38. The molecule has 0 radical (unpaired) electrons. The number of benzene rings is 1. The molecular weight excluding hydrogens is 268 g/mol. The standard InChI is InChI=1S/C12H14N2O2S2/c1-14-7-6-13-12(14)17-10-8-18(15,16)11-5-3-2-4-9(10)11/h2-7,10,15-16H,8H2,1H3. The molecule has 0 spiro atoms. The molecule has 2 N–H and O–H groups in total. The summed E-state index contributed by atoms with van der Waals surface area (Å²) >= 11 is 1.58. The topological polar surface area (TPSA) is 58.3 Å². The summed E-state index contributed by atoms with van der Waals surface area (Å²) in [5.41, 5.74) is 1.02. The predicted molar refractivity (Wildman–Crippen MR) is 74.2 cm³/mol.